The highest BCUT2D eigenvalue weighted by Crippen LogP contribution is 2.26. The summed E-state index contributed by atoms with van der Waals surface area (Å²) >= 11 is 1.65. The SMILES string of the molecule is Cc1ncc(CN2CCc3c(cc(F)cc3C(=O)O)C2)s1. The summed E-state index contributed by atoms with van der Waals surface area (Å²) in [4.78, 5) is 18.8. The van der Waals surface area contributed by atoms with E-state index in [2.05, 4.69) is 9.88 Å². The van der Waals surface area contributed by atoms with Crippen LogP contribution in [0.4, 0.5) is 4.39 Å². The van der Waals surface area contributed by atoms with E-state index >= 15 is 0 Å². The molecule has 21 heavy (non-hydrogen) atoms. The molecule has 0 spiro atoms. The van der Waals surface area contributed by atoms with Gasteiger partial charge in [-0.3, -0.25) is 4.90 Å². The molecule has 2 aromatic rings. The van der Waals surface area contributed by atoms with E-state index in [-0.39, 0.29) is 5.56 Å². The average molecular weight is 306 g/mol. The molecule has 0 atom stereocenters. The van der Waals surface area contributed by atoms with E-state index in [0.29, 0.717) is 13.0 Å². The fraction of sp³-hybridized carbons (Fsp3) is 0.333. The minimum absolute atomic E-state index is 0.0956. The lowest BCUT2D eigenvalue weighted by molar-refractivity contribution is 0.0694. The van der Waals surface area contributed by atoms with Gasteiger partial charge < -0.3 is 5.11 Å². The van der Waals surface area contributed by atoms with Gasteiger partial charge in [0.2, 0.25) is 0 Å². The molecule has 1 aromatic carbocycles. The minimum atomic E-state index is -1.06. The van der Waals surface area contributed by atoms with Gasteiger partial charge >= 0.3 is 5.97 Å². The molecule has 2 heterocycles. The Morgan fingerprint density at radius 2 is 2.33 bits per heavy atom. The predicted octanol–water partition coefficient (Wildman–Crippen LogP) is 2.85. The molecule has 0 radical (unpaired) electrons. The van der Waals surface area contributed by atoms with Gasteiger partial charge in [0.1, 0.15) is 5.82 Å². The summed E-state index contributed by atoms with van der Waals surface area (Å²) in [5.74, 6) is -1.54. The number of benzene rings is 1. The van der Waals surface area contributed by atoms with Crippen molar-refractivity contribution >= 4 is 17.3 Å². The number of halogens is 1. The number of carboxylic acids is 1. The normalized spacial score (nSPS) is 15.0. The molecule has 0 amide bonds. The number of hydrogen-bond acceptors (Lipinski definition) is 4. The van der Waals surface area contributed by atoms with E-state index in [1.165, 1.54) is 10.9 Å². The number of aromatic carboxylic acids is 1. The van der Waals surface area contributed by atoms with Crippen molar-refractivity contribution in [2.24, 2.45) is 0 Å². The van der Waals surface area contributed by atoms with E-state index in [4.69, 9.17) is 0 Å². The Morgan fingerprint density at radius 1 is 1.52 bits per heavy atom. The summed E-state index contributed by atoms with van der Waals surface area (Å²) in [5.41, 5.74) is 1.64. The smallest absolute Gasteiger partial charge is 0.336 e. The van der Waals surface area contributed by atoms with Gasteiger partial charge in [0.25, 0.3) is 0 Å². The Labute approximate surface area is 125 Å². The lowest BCUT2D eigenvalue weighted by Crippen LogP contribution is -2.31. The van der Waals surface area contributed by atoms with Crippen LogP contribution < -0.4 is 0 Å². The van der Waals surface area contributed by atoms with E-state index < -0.39 is 11.8 Å². The molecule has 0 saturated heterocycles. The second-order valence-electron chi connectivity index (χ2n) is 5.20. The third-order valence-corrected chi connectivity index (χ3v) is 4.56. The standard InChI is InChI=1S/C15H15FN2O2S/c1-9-17-6-12(21-9)8-18-3-2-13-10(7-18)4-11(16)5-14(13)15(19)20/h4-6H,2-3,7-8H2,1H3,(H,19,20). The first-order valence-electron chi connectivity index (χ1n) is 6.71. The Balaban J connectivity index is 1.83. The summed E-state index contributed by atoms with van der Waals surface area (Å²) in [6, 6.07) is 2.56. The number of aromatic nitrogens is 1. The number of nitrogens with zero attached hydrogens (tertiary/aromatic N) is 2. The molecular weight excluding hydrogens is 291 g/mol. The molecule has 1 N–H and O–H groups in total. The summed E-state index contributed by atoms with van der Waals surface area (Å²) in [6.07, 6.45) is 2.50. The summed E-state index contributed by atoms with van der Waals surface area (Å²) in [5, 5.41) is 10.2. The highest BCUT2D eigenvalue weighted by atomic mass is 32.1. The monoisotopic (exact) mass is 306 g/mol. The first-order valence-corrected chi connectivity index (χ1v) is 7.53. The zero-order chi connectivity index (χ0) is 15.0. The molecule has 1 aliphatic heterocycles. The fourth-order valence-corrected chi connectivity index (χ4v) is 3.58. The van der Waals surface area contributed by atoms with Gasteiger partial charge in [0.15, 0.2) is 0 Å². The molecule has 0 saturated carbocycles. The first kappa shape index (κ1) is 14.2. The van der Waals surface area contributed by atoms with Crippen molar-refractivity contribution in [3.05, 3.63) is 50.7 Å². The quantitative estimate of drug-likeness (QED) is 0.947. The van der Waals surface area contributed by atoms with Gasteiger partial charge in [-0.1, -0.05) is 0 Å². The van der Waals surface area contributed by atoms with Crippen LogP contribution in [0.25, 0.3) is 0 Å². The van der Waals surface area contributed by atoms with Crippen LogP contribution in [0, 0.1) is 12.7 Å². The van der Waals surface area contributed by atoms with Crippen molar-refractivity contribution in [1.29, 1.82) is 0 Å². The number of carbonyl (C=O) groups is 1. The molecule has 4 nitrogen and oxygen atoms in total. The molecule has 3 rings (SSSR count). The van der Waals surface area contributed by atoms with Crippen LogP contribution in [0.3, 0.4) is 0 Å². The van der Waals surface area contributed by atoms with Crippen molar-refractivity contribution in [2.75, 3.05) is 6.54 Å². The number of carboxylic acid groups (broad SMARTS) is 1. The molecule has 110 valence electrons. The van der Waals surface area contributed by atoms with Gasteiger partial charge in [-0.15, -0.1) is 11.3 Å². The van der Waals surface area contributed by atoms with Crippen molar-refractivity contribution in [1.82, 2.24) is 9.88 Å². The van der Waals surface area contributed by atoms with E-state index in [1.807, 2.05) is 13.1 Å². The lowest BCUT2D eigenvalue weighted by atomic mass is 9.94. The van der Waals surface area contributed by atoms with Gasteiger partial charge in [-0.05, 0) is 36.6 Å². The third-order valence-electron chi connectivity index (χ3n) is 3.66. The maximum Gasteiger partial charge on any atom is 0.336 e. The Morgan fingerprint density at radius 3 is 3.00 bits per heavy atom. The lowest BCUT2D eigenvalue weighted by Gasteiger charge is -2.29. The maximum absolute atomic E-state index is 13.6. The highest BCUT2D eigenvalue weighted by Gasteiger charge is 2.23. The third kappa shape index (κ3) is 2.96. The molecular formula is C15H15FN2O2S. The van der Waals surface area contributed by atoms with Crippen LogP contribution in [0.2, 0.25) is 0 Å². The number of fused-ring (bicyclic) bond motifs is 1. The summed E-state index contributed by atoms with van der Waals surface area (Å²) in [6.45, 7) is 4.08. The molecule has 0 fully saturated rings. The molecule has 0 bridgehead atoms. The van der Waals surface area contributed by atoms with Gasteiger partial charge in [0, 0.05) is 30.7 Å². The number of rotatable bonds is 3. The van der Waals surface area contributed by atoms with Crippen LogP contribution in [0.5, 0.6) is 0 Å². The average Bonchev–Trinajstić information content (AvgIpc) is 2.82. The molecule has 1 aromatic heterocycles. The van der Waals surface area contributed by atoms with Crippen molar-refractivity contribution in [3.8, 4) is 0 Å². The van der Waals surface area contributed by atoms with E-state index in [9.17, 15) is 14.3 Å². The highest BCUT2D eigenvalue weighted by molar-refractivity contribution is 7.11. The number of aryl methyl sites for hydroxylation is 1. The predicted molar refractivity (Wildman–Crippen MR) is 78.0 cm³/mol. The Kier molecular flexibility index (Phi) is 3.73. The van der Waals surface area contributed by atoms with Crippen LogP contribution in [-0.2, 0) is 19.5 Å². The minimum Gasteiger partial charge on any atom is -0.478 e. The first-order chi connectivity index (χ1) is 10.0. The zero-order valence-corrected chi connectivity index (χ0v) is 12.4. The number of thiazole rings is 1. The van der Waals surface area contributed by atoms with Crippen molar-refractivity contribution < 1.29 is 14.3 Å². The largest absolute Gasteiger partial charge is 0.478 e. The van der Waals surface area contributed by atoms with Crippen molar-refractivity contribution in [3.63, 3.8) is 0 Å². The molecule has 1 aliphatic rings. The van der Waals surface area contributed by atoms with Crippen LogP contribution >= 0.6 is 11.3 Å². The van der Waals surface area contributed by atoms with E-state index in [1.54, 1.807) is 11.3 Å². The summed E-state index contributed by atoms with van der Waals surface area (Å²) in [7, 11) is 0. The molecule has 0 unspecified atom stereocenters. The van der Waals surface area contributed by atoms with Gasteiger partial charge in [-0.25, -0.2) is 14.2 Å². The topological polar surface area (TPSA) is 53.4 Å². The maximum atomic E-state index is 13.6. The second-order valence-corrected chi connectivity index (χ2v) is 6.52. The number of hydrogen-bond donors (Lipinski definition) is 1. The van der Waals surface area contributed by atoms with E-state index in [0.717, 1.165) is 35.3 Å². The zero-order valence-electron chi connectivity index (χ0n) is 11.6. The summed E-state index contributed by atoms with van der Waals surface area (Å²) < 4.78 is 13.6. The Bertz CT molecular complexity index is 699. The van der Waals surface area contributed by atoms with Gasteiger partial charge in [-0.2, -0.15) is 0 Å². The molecule has 6 heteroatoms. The Hall–Kier alpha value is -1.79. The molecule has 0 aliphatic carbocycles. The van der Waals surface area contributed by atoms with Crippen LogP contribution in [-0.4, -0.2) is 27.5 Å². The second kappa shape index (κ2) is 5.54. The van der Waals surface area contributed by atoms with Crippen molar-refractivity contribution in [2.45, 2.75) is 26.4 Å². The van der Waals surface area contributed by atoms with Gasteiger partial charge in [0.05, 0.1) is 10.6 Å². The van der Waals surface area contributed by atoms with Crippen LogP contribution in [0.1, 0.15) is 31.4 Å². The fourth-order valence-electron chi connectivity index (χ4n) is 2.74. The van der Waals surface area contributed by atoms with Crippen LogP contribution in [0.15, 0.2) is 18.3 Å².